The first kappa shape index (κ1) is 15.5. The van der Waals surface area contributed by atoms with E-state index in [4.69, 9.17) is 5.73 Å². The summed E-state index contributed by atoms with van der Waals surface area (Å²) in [4.78, 5) is 15.1. The first-order chi connectivity index (χ1) is 10.8. The fourth-order valence-electron chi connectivity index (χ4n) is 2.82. The SMILES string of the molecule is NC(=O)Cc1nc(-c2ccc3c(c2)CCC3)n(CC(F)(F)F)n1. The molecule has 0 saturated heterocycles. The number of amides is 1. The van der Waals surface area contributed by atoms with Crippen LogP contribution in [0.15, 0.2) is 18.2 Å². The molecule has 0 radical (unpaired) electrons. The van der Waals surface area contributed by atoms with E-state index in [9.17, 15) is 18.0 Å². The number of hydrogen-bond acceptors (Lipinski definition) is 3. The molecule has 1 amide bonds. The third-order valence-corrected chi connectivity index (χ3v) is 3.73. The van der Waals surface area contributed by atoms with Crippen LogP contribution in [0, 0.1) is 0 Å². The molecule has 0 aliphatic heterocycles. The lowest BCUT2D eigenvalue weighted by Crippen LogP contribution is -2.20. The molecule has 0 bridgehead atoms. The third kappa shape index (κ3) is 3.52. The van der Waals surface area contributed by atoms with Gasteiger partial charge in [-0.1, -0.05) is 12.1 Å². The molecule has 23 heavy (non-hydrogen) atoms. The van der Waals surface area contributed by atoms with Crippen molar-refractivity contribution in [2.24, 2.45) is 5.73 Å². The van der Waals surface area contributed by atoms with Gasteiger partial charge in [0.15, 0.2) is 11.6 Å². The van der Waals surface area contributed by atoms with Crippen molar-refractivity contribution < 1.29 is 18.0 Å². The van der Waals surface area contributed by atoms with Crippen LogP contribution in [-0.2, 0) is 30.6 Å². The summed E-state index contributed by atoms with van der Waals surface area (Å²) in [5, 5.41) is 3.79. The Bertz CT molecular complexity index is 752. The predicted octanol–water partition coefficient (Wildman–Crippen LogP) is 2.02. The quantitative estimate of drug-likeness (QED) is 0.935. The van der Waals surface area contributed by atoms with E-state index in [1.54, 1.807) is 6.07 Å². The van der Waals surface area contributed by atoms with Crippen molar-refractivity contribution in [2.75, 3.05) is 0 Å². The van der Waals surface area contributed by atoms with E-state index in [-0.39, 0.29) is 18.1 Å². The van der Waals surface area contributed by atoms with Crippen LogP contribution in [-0.4, -0.2) is 26.8 Å². The van der Waals surface area contributed by atoms with Crippen molar-refractivity contribution in [2.45, 2.75) is 38.4 Å². The maximum atomic E-state index is 12.7. The summed E-state index contributed by atoms with van der Waals surface area (Å²) in [6.07, 6.45) is -1.78. The Morgan fingerprint density at radius 1 is 1.26 bits per heavy atom. The van der Waals surface area contributed by atoms with E-state index in [2.05, 4.69) is 10.1 Å². The van der Waals surface area contributed by atoms with E-state index < -0.39 is 18.6 Å². The number of aromatic nitrogens is 3. The van der Waals surface area contributed by atoms with Crippen LogP contribution >= 0.6 is 0 Å². The van der Waals surface area contributed by atoms with E-state index in [1.165, 1.54) is 5.56 Å². The van der Waals surface area contributed by atoms with Crippen molar-refractivity contribution in [3.05, 3.63) is 35.2 Å². The maximum Gasteiger partial charge on any atom is 0.408 e. The number of hydrogen-bond donors (Lipinski definition) is 1. The zero-order valence-electron chi connectivity index (χ0n) is 12.2. The summed E-state index contributed by atoms with van der Waals surface area (Å²) < 4.78 is 39.0. The lowest BCUT2D eigenvalue weighted by atomic mass is 10.1. The number of aryl methyl sites for hydroxylation is 2. The molecule has 122 valence electrons. The predicted molar refractivity (Wildman–Crippen MR) is 76.4 cm³/mol. The van der Waals surface area contributed by atoms with Crippen molar-refractivity contribution in [3.8, 4) is 11.4 Å². The summed E-state index contributed by atoms with van der Waals surface area (Å²) in [6, 6.07) is 5.51. The average molecular weight is 324 g/mol. The molecule has 3 rings (SSSR count). The molecule has 8 heteroatoms. The number of rotatable bonds is 4. The van der Waals surface area contributed by atoms with Gasteiger partial charge in [0.2, 0.25) is 5.91 Å². The van der Waals surface area contributed by atoms with Gasteiger partial charge >= 0.3 is 6.18 Å². The zero-order chi connectivity index (χ0) is 16.6. The number of halogens is 3. The molecule has 0 saturated carbocycles. The van der Waals surface area contributed by atoms with Gasteiger partial charge in [0.1, 0.15) is 6.54 Å². The average Bonchev–Trinajstić information content (AvgIpc) is 3.02. The van der Waals surface area contributed by atoms with Crippen LogP contribution < -0.4 is 5.73 Å². The highest BCUT2D eigenvalue weighted by Gasteiger charge is 2.31. The minimum absolute atomic E-state index is 0.00255. The van der Waals surface area contributed by atoms with Crippen LogP contribution in [0.5, 0.6) is 0 Å². The topological polar surface area (TPSA) is 73.8 Å². The lowest BCUT2D eigenvalue weighted by molar-refractivity contribution is -0.142. The Hall–Kier alpha value is -2.38. The second kappa shape index (κ2) is 5.68. The van der Waals surface area contributed by atoms with Gasteiger partial charge in [-0.05, 0) is 36.5 Å². The fraction of sp³-hybridized carbons (Fsp3) is 0.400. The Morgan fingerprint density at radius 2 is 2.00 bits per heavy atom. The first-order valence-corrected chi connectivity index (χ1v) is 7.23. The molecule has 2 N–H and O–H groups in total. The molecule has 1 aromatic heterocycles. The summed E-state index contributed by atoms with van der Waals surface area (Å²) in [5.74, 6) is -0.583. The Balaban J connectivity index is 2.01. The van der Waals surface area contributed by atoms with E-state index >= 15 is 0 Å². The highest BCUT2D eigenvalue weighted by atomic mass is 19.4. The highest BCUT2D eigenvalue weighted by Crippen LogP contribution is 2.28. The van der Waals surface area contributed by atoms with Crippen molar-refractivity contribution in [1.29, 1.82) is 0 Å². The monoisotopic (exact) mass is 324 g/mol. The van der Waals surface area contributed by atoms with Crippen LogP contribution in [0.1, 0.15) is 23.4 Å². The molecule has 1 aliphatic rings. The summed E-state index contributed by atoms with van der Waals surface area (Å²) in [7, 11) is 0. The number of carbonyl (C=O) groups is 1. The summed E-state index contributed by atoms with van der Waals surface area (Å²) >= 11 is 0. The number of fused-ring (bicyclic) bond motifs is 1. The van der Waals surface area contributed by atoms with Gasteiger partial charge in [0, 0.05) is 5.56 Å². The first-order valence-electron chi connectivity index (χ1n) is 7.23. The van der Waals surface area contributed by atoms with Crippen molar-refractivity contribution >= 4 is 5.91 Å². The second-order valence-electron chi connectivity index (χ2n) is 5.60. The van der Waals surface area contributed by atoms with E-state index in [1.807, 2.05) is 12.1 Å². The largest absolute Gasteiger partial charge is 0.408 e. The van der Waals surface area contributed by atoms with Gasteiger partial charge in [-0.15, -0.1) is 0 Å². The lowest BCUT2D eigenvalue weighted by Gasteiger charge is -2.10. The minimum atomic E-state index is -4.43. The minimum Gasteiger partial charge on any atom is -0.369 e. The van der Waals surface area contributed by atoms with Gasteiger partial charge < -0.3 is 5.73 Å². The highest BCUT2D eigenvalue weighted by molar-refractivity contribution is 5.75. The van der Waals surface area contributed by atoms with Gasteiger partial charge in [0.25, 0.3) is 0 Å². The molecule has 1 aliphatic carbocycles. The number of nitrogens with two attached hydrogens (primary N) is 1. The van der Waals surface area contributed by atoms with Crippen molar-refractivity contribution in [3.63, 3.8) is 0 Å². The van der Waals surface area contributed by atoms with Crippen LogP contribution in [0.25, 0.3) is 11.4 Å². The number of benzene rings is 1. The second-order valence-corrected chi connectivity index (χ2v) is 5.60. The molecule has 0 fully saturated rings. The van der Waals surface area contributed by atoms with Gasteiger partial charge in [0.05, 0.1) is 6.42 Å². The zero-order valence-corrected chi connectivity index (χ0v) is 12.2. The molecule has 1 aromatic carbocycles. The Labute approximate surface area is 130 Å². The Morgan fingerprint density at radius 3 is 2.70 bits per heavy atom. The summed E-state index contributed by atoms with van der Waals surface area (Å²) in [6.45, 7) is -1.26. The standard InChI is InChI=1S/C15H15F3N4O/c16-15(17,18)8-22-14(20-13(21-22)7-12(19)23)11-5-4-9-2-1-3-10(9)6-11/h4-6H,1-3,7-8H2,(H2,19,23). The smallest absolute Gasteiger partial charge is 0.369 e. The van der Waals surface area contributed by atoms with Crippen LogP contribution in [0.3, 0.4) is 0 Å². The molecular formula is C15H15F3N4O. The van der Waals surface area contributed by atoms with Gasteiger partial charge in [-0.25, -0.2) is 9.67 Å². The van der Waals surface area contributed by atoms with Gasteiger partial charge in [-0.2, -0.15) is 18.3 Å². The molecule has 0 atom stereocenters. The van der Waals surface area contributed by atoms with Crippen molar-refractivity contribution in [1.82, 2.24) is 14.8 Å². The molecular weight excluding hydrogens is 309 g/mol. The molecule has 0 unspecified atom stereocenters. The Kier molecular flexibility index (Phi) is 3.83. The molecule has 0 spiro atoms. The van der Waals surface area contributed by atoms with E-state index in [0.29, 0.717) is 5.56 Å². The fourth-order valence-corrected chi connectivity index (χ4v) is 2.82. The summed E-state index contributed by atoms with van der Waals surface area (Å²) in [5.41, 5.74) is 7.98. The normalized spacial score (nSPS) is 14.0. The maximum absolute atomic E-state index is 12.7. The van der Waals surface area contributed by atoms with Crippen LogP contribution in [0.2, 0.25) is 0 Å². The third-order valence-electron chi connectivity index (χ3n) is 3.73. The van der Waals surface area contributed by atoms with E-state index in [0.717, 1.165) is 29.5 Å². The number of carbonyl (C=O) groups excluding carboxylic acids is 1. The number of primary amides is 1. The molecule has 5 nitrogen and oxygen atoms in total. The molecule has 2 aromatic rings. The molecule has 1 heterocycles. The number of alkyl halides is 3. The van der Waals surface area contributed by atoms with Gasteiger partial charge in [-0.3, -0.25) is 4.79 Å². The number of nitrogens with zero attached hydrogens (tertiary/aromatic N) is 3. The van der Waals surface area contributed by atoms with Crippen LogP contribution in [0.4, 0.5) is 13.2 Å².